The van der Waals surface area contributed by atoms with E-state index in [0.29, 0.717) is 17.2 Å². The molecular weight excluding hydrogens is 326 g/mol. The molecule has 2 amide bonds. The van der Waals surface area contributed by atoms with Crippen LogP contribution in [0.1, 0.15) is 54.0 Å². The molecule has 0 spiro atoms. The van der Waals surface area contributed by atoms with Gasteiger partial charge in [-0.1, -0.05) is 19.1 Å². The third kappa shape index (κ3) is 4.85. The van der Waals surface area contributed by atoms with Crippen molar-refractivity contribution in [3.8, 4) is 0 Å². The van der Waals surface area contributed by atoms with Gasteiger partial charge >= 0.3 is 0 Å². The van der Waals surface area contributed by atoms with Crippen LogP contribution in [0.4, 0.5) is 5.69 Å². The van der Waals surface area contributed by atoms with Crippen LogP contribution in [0.3, 0.4) is 0 Å². The number of amides is 2. The fourth-order valence-corrected chi connectivity index (χ4v) is 2.80. The molecular formula is C21H27N3O2. The van der Waals surface area contributed by atoms with E-state index in [4.69, 9.17) is 0 Å². The quantitative estimate of drug-likeness (QED) is 0.781. The van der Waals surface area contributed by atoms with Gasteiger partial charge in [0.15, 0.2) is 0 Å². The van der Waals surface area contributed by atoms with Gasteiger partial charge in [0.25, 0.3) is 11.8 Å². The van der Waals surface area contributed by atoms with Gasteiger partial charge in [0, 0.05) is 29.4 Å². The van der Waals surface area contributed by atoms with E-state index < -0.39 is 0 Å². The maximum absolute atomic E-state index is 12.2. The third-order valence-corrected chi connectivity index (χ3v) is 4.34. The molecule has 5 nitrogen and oxygen atoms in total. The van der Waals surface area contributed by atoms with Crippen LogP contribution in [0.25, 0.3) is 0 Å². The molecule has 0 atom stereocenters. The van der Waals surface area contributed by atoms with Crippen molar-refractivity contribution >= 4 is 17.5 Å². The zero-order valence-electron chi connectivity index (χ0n) is 15.9. The van der Waals surface area contributed by atoms with E-state index >= 15 is 0 Å². The number of hydrogen-bond donors (Lipinski definition) is 2. The number of hydrogen-bond acceptors (Lipinski definition) is 3. The first-order valence-corrected chi connectivity index (χ1v) is 9.02. The lowest BCUT2D eigenvalue weighted by Gasteiger charge is -2.27. The monoisotopic (exact) mass is 353 g/mol. The van der Waals surface area contributed by atoms with Crippen molar-refractivity contribution < 1.29 is 9.59 Å². The second-order valence-corrected chi connectivity index (χ2v) is 6.39. The van der Waals surface area contributed by atoms with Crippen molar-refractivity contribution in [2.75, 3.05) is 11.4 Å². The number of hydrazine groups is 1. The van der Waals surface area contributed by atoms with Gasteiger partial charge in [-0.2, -0.15) is 0 Å². The van der Waals surface area contributed by atoms with E-state index in [1.165, 1.54) is 0 Å². The van der Waals surface area contributed by atoms with Gasteiger partial charge in [-0.05, 0) is 69.2 Å². The first kappa shape index (κ1) is 19.5. The molecule has 0 bridgehead atoms. The fraction of sp³-hybridized carbons (Fsp3) is 0.333. The highest BCUT2D eigenvalue weighted by atomic mass is 16.2. The largest absolute Gasteiger partial charge is 0.369 e. The van der Waals surface area contributed by atoms with Gasteiger partial charge in [0.1, 0.15) is 0 Å². The van der Waals surface area contributed by atoms with Crippen molar-refractivity contribution in [1.82, 2.24) is 10.9 Å². The first-order valence-electron chi connectivity index (χ1n) is 9.02. The number of carbonyl (C=O) groups is 2. The van der Waals surface area contributed by atoms with Crippen molar-refractivity contribution in [2.45, 2.75) is 40.2 Å². The van der Waals surface area contributed by atoms with Crippen LogP contribution in [0.2, 0.25) is 0 Å². The summed E-state index contributed by atoms with van der Waals surface area (Å²) in [7, 11) is 0. The smallest absolute Gasteiger partial charge is 0.269 e. The second-order valence-electron chi connectivity index (χ2n) is 6.39. The molecule has 5 heteroatoms. The van der Waals surface area contributed by atoms with Crippen molar-refractivity contribution in [3.63, 3.8) is 0 Å². The minimum Gasteiger partial charge on any atom is -0.369 e. The van der Waals surface area contributed by atoms with Crippen LogP contribution in [0.15, 0.2) is 48.5 Å². The highest BCUT2D eigenvalue weighted by Crippen LogP contribution is 2.17. The predicted molar refractivity (Wildman–Crippen MR) is 105 cm³/mol. The molecule has 0 aliphatic rings. The summed E-state index contributed by atoms with van der Waals surface area (Å²) in [5.74, 6) is -0.683. The van der Waals surface area contributed by atoms with Crippen LogP contribution in [0.5, 0.6) is 0 Å². The average Bonchev–Trinajstić information content (AvgIpc) is 2.66. The van der Waals surface area contributed by atoms with Crippen LogP contribution in [0, 0.1) is 0 Å². The molecule has 0 aliphatic heterocycles. The molecule has 0 unspecified atom stereocenters. The van der Waals surface area contributed by atoms with E-state index in [1.807, 2.05) is 24.3 Å². The zero-order valence-corrected chi connectivity index (χ0v) is 15.9. The Labute approximate surface area is 155 Å². The van der Waals surface area contributed by atoms with Crippen molar-refractivity contribution in [1.29, 1.82) is 0 Å². The molecule has 2 aromatic carbocycles. The van der Waals surface area contributed by atoms with E-state index in [0.717, 1.165) is 24.2 Å². The highest BCUT2D eigenvalue weighted by Gasteiger charge is 2.11. The molecule has 138 valence electrons. The van der Waals surface area contributed by atoms with Crippen LogP contribution < -0.4 is 15.8 Å². The summed E-state index contributed by atoms with van der Waals surface area (Å²) in [6, 6.07) is 15.1. The van der Waals surface area contributed by atoms with Crippen molar-refractivity contribution in [2.24, 2.45) is 0 Å². The Balaban J connectivity index is 1.95. The van der Waals surface area contributed by atoms with Crippen LogP contribution in [-0.2, 0) is 6.42 Å². The number of nitrogens with zero attached hydrogens (tertiary/aromatic N) is 1. The normalized spacial score (nSPS) is 10.5. The molecule has 0 radical (unpaired) electrons. The van der Waals surface area contributed by atoms with E-state index in [9.17, 15) is 9.59 Å². The number of carbonyl (C=O) groups excluding carboxylic acids is 2. The molecule has 2 aromatic rings. The number of rotatable bonds is 6. The summed E-state index contributed by atoms with van der Waals surface area (Å²) in [5.41, 5.74) is 8.14. The number of aryl methyl sites for hydroxylation is 1. The van der Waals surface area contributed by atoms with Gasteiger partial charge in [-0.15, -0.1) is 0 Å². The standard InChI is InChI=1S/C21H27N3O2/c1-5-16-7-9-17(10-8-16)20(25)22-23-21(26)18-11-13-19(14-12-18)24(6-2)15(3)4/h7-15H,5-6H2,1-4H3,(H,22,25)(H,23,26). The van der Waals surface area contributed by atoms with Gasteiger partial charge in [-0.25, -0.2) is 0 Å². The first-order chi connectivity index (χ1) is 12.5. The Morgan fingerprint density at radius 1 is 0.846 bits per heavy atom. The second kappa shape index (κ2) is 9.04. The molecule has 0 aliphatic carbocycles. The average molecular weight is 353 g/mol. The lowest BCUT2D eigenvalue weighted by molar-refractivity contribution is 0.0846. The highest BCUT2D eigenvalue weighted by molar-refractivity contribution is 5.99. The Hall–Kier alpha value is -2.82. The fourth-order valence-electron chi connectivity index (χ4n) is 2.80. The van der Waals surface area contributed by atoms with Gasteiger partial charge in [-0.3, -0.25) is 20.4 Å². The Kier molecular flexibility index (Phi) is 6.78. The molecule has 0 saturated heterocycles. The number of nitrogens with one attached hydrogen (secondary N) is 2. The van der Waals surface area contributed by atoms with E-state index in [1.54, 1.807) is 24.3 Å². The number of benzene rings is 2. The Morgan fingerprint density at radius 3 is 1.69 bits per heavy atom. The maximum Gasteiger partial charge on any atom is 0.269 e. The van der Waals surface area contributed by atoms with Gasteiger partial charge < -0.3 is 4.90 Å². The van der Waals surface area contributed by atoms with Crippen molar-refractivity contribution in [3.05, 3.63) is 65.2 Å². The molecule has 0 heterocycles. The summed E-state index contributed by atoms with van der Waals surface area (Å²) in [4.78, 5) is 26.6. The zero-order chi connectivity index (χ0) is 19.1. The molecule has 0 aromatic heterocycles. The lowest BCUT2D eigenvalue weighted by atomic mass is 10.1. The Bertz CT molecular complexity index is 737. The summed E-state index contributed by atoms with van der Waals surface area (Å²) in [6.45, 7) is 9.32. The van der Waals surface area contributed by atoms with Crippen LogP contribution >= 0.6 is 0 Å². The molecule has 26 heavy (non-hydrogen) atoms. The summed E-state index contributed by atoms with van der Waals surface area (Å²) in [5, 5.41) is 0. The summed E-state index contributed by atoms with van der Waals surface area (Å²) < 4.78 is 0. The summed E-state index contributed by atoms with van der Waals surface area (Å²) >= 11 is 0. The topological polar surface area (TPSA) is 61.4 Å². The number of anilines is 1. The van der Waals surface area contributed by atoms with Gasteiger partial charge in [0.2, 0.25) is 0 Å². The maximum atomic E-state index is 12.2. The molecule has 2 rings (SSSR count). The molecule has 2 N–H and O–H groups in total. The van der Waals surface area contributed by atoms with E-state index in [-0.39, 0.29) is 11.8 Å². The summed E-state index contributed by atoms with van der Waals surface area (Å²) in [6.07, 6.45) is 0.918. The third-order valence-electron chi connectivity index (χ3n) is 4.34. The molecule has 0 saturated carbocycles. The minimum atomic E-state index is -0.345. The van der Waals surface area contributed by atoms with Crippen LogP contribution in [-0.4, -0.2) is 24.4 Å². The lowest BCUT2D eigenvalue weighted by Crippen LogP contribution is -2.41. The molecule has 0 fully saturated rings. The minimum absolute atomic E-state index is 0.338. The predicted octanol–water partition coefficient (Wildman–Crippen LogP) is 3.56. The SMILES string of the molecule is CCc1ccc(C(=O)NNC(=O)c2ccc(N(CC)C(C)C)cc2)cc1. The van der Waals surface area contributed by atoms with Gasteiger partial charge in [0.05, 0.1) is 0 Å². The van der Waals surface area contributed by atoms with E-state index in [2.05, 4.69) is 43.4 Å². The Morgan fingerprint density at radius 2 is 1.31 bits per heavy atom.